The number of pyridine rings is 1. The van der Waals surface area contributed by atoms with Gasteiger partial charge in [0.2, 0.25) is 0 Å². The summed E-state index contributed by atoms with van der Waals surface area (Å²) in [5.41, 5.74) is 2.04. The number of nitrogens with one attached hydrogen (secondary N) is 1. The Hall–Kier alpha value is -1.81. The smallest absolute Gasteiger partial charge is 0.303 e. The molecule has 0 atom stereocenters. The van der Waals surface area contributed by atoms with Crippen molar-refractivity contribution in [1.82, 2.24) is 4.98 Å². The van der Waals surface area contributed by atoms with Crippen LogP contribution < -0.4 is 5.32 Å². The molecule has 1 aromatic carbocycles. The molecule has 0 radical (unpaired) electrons. The number of carboxylic acids is 1. The van der Waals surface area contributed by atoms with Crippen molar-refractivity contribution in [2.45, 2.75) is 64.2 Å². The van der Waals surface area contributed by atoms with Crippen LogP contribution in [0.1, 0.15) is 64.2 Å². The number of carboxylic acid groups (broad SMARTS) is 1. The number of hydrogen-bond donors (Lipinski definition) is 2. The highest BCUT2D eigenvalue weighted by molar-refractivity contribution is 6.31. The molecule has 0 saturated heterocycles. The molecular formula is C21H29ClN2O2. The maximum atomic E-state index is 10.4. The molecule has 0 saturated carbocycles. The van der Waals surface area contributed by atoms with Gasteiger partial charge in [0, 0.05) is 35.3 Å². The highest BCUT2D eigenvalue weighted by Crippen LogP contribution is 2.24. The predicted molar refractivity (Wildman–Crippen MR) is 109 cm³/mol. The van der Waals surface area contributed by atoms with Crippen LogP contribution in [0.3, 0.4) is 0 Å². The Balaban J connectivity index is 1.52. The molecule has 2 aromatic rings. The average molecular weight is 377 g/mol. The van der Waals surface area contributed by atoms with Crippen LogP contribution in [-0.2, 0) is 4.79 Å². The summed E-state index contributed by atoms with van der Waals surface area (Å²) in [5, 5.41) is 13.9. The predicted octanol–water partition coefficient (Wildman–Crippen LogP) is 6.29. The molecule has 2 N–H and O–H groups in total. The highest BCUT2D eigenvalue weighted by Gasteiger charge is 2.02. The van der Waals surface area contributed by atoms with Gasteiger partial charge in [0.1, 0.15) is 0 Å². The van der Waals surface area contributed by atoms with Gasteiger partial charge in [-0.3, -0.25) is 9.78 Å². The van der Waals surface area contributed by atoms with E-state index in [2.05, 4.69) is 10.3 Å². The number of aliphatic carboxylic acids is 1. The fourth-order valence-electron chi connectivity index (χ4n) is 3.14. The van der Waals surface area contributed by atoms with Crippen LogP contribution in [0.25, 0.3) is 10.9 Å². The quantitative estimate of drug-likeness (QED) is 0.403. The third kappa shape index (κ3) is 7.61. The van der Waals surface area contributed by atoms with Gasteiger partial charge in [0.15, 0.2) is 0 Å². The van der Waals surface area contributed by atoms with Crippen LogP contribution in [0.15, 0.2) is 30.5 Å². The van der Waals surface area contributed by atoms with E-state index in [4.69, 9.17) is 16.7 Å². The maximum absolute atomic E-state index is 10.4. The van der Waals surface area contributed by atoms with Gasteiger partial charge < -0.3 is 10.4 Å². The number of unbranched alkanes of at least 4 members (excludes halogenated alkanes) is 8. The first kappa shape index (κ1) is 20.5. The summed E-state index contributed by atoms with van der Waals surface area (Å²) in [7, 11) is 0. The summed E-state index contributed by atoms with van der Waals surface area (Å²) < 4.78 is 0. The Labute approximate surface area is 161 Å². The van der Waals surface area contributed by atoms with E-state index in [-0.39, 0.29) is 0 Å². The number of nitrogens with zero attached hydrogens (tertiary/aromatic N) is 1. The molecule has 2 rings (SSSR count). The van der Waals surface area contributed by atoms with E-state index in [0.29, 0.717) is 11.4 Å². The van der Waals surface area contributed by atoms with E-state index in [9.17, 15) is 4.79 Å². The highest BCUT2D eigenvalue weighted by atomic mass is 35.5. The van der Waals surface area contributed by atoms with Crippen LogP contribution in [0.2, 0.25) is 5.02 Å². The number of fused-ring (bicyclic) bond motifs is 1. The minimum Gasteiger partial charge on any atom is -0.481 e. The van der Waals surface area contributed by atoms with Gasteiger partial charge in [-0.15, -0.1) is 0 Å². The Morgan fingerprint density at radius 2 is 1.62 bits per heavy atom. The van der Waals surface area contributed by atoms with Gasteiger partial charge in [-0.1, -0.05) is 56.5 Å². The fourth-order valence-corrected chi connectivity index (χ4v) is 3.30. The average Bonchev–Trinajstić information content (AvgIpc) is 2.62. The molecule has 142 valence electrons. The van der Waals surface area contributed by atoms with Gasteiger partial charge in [-0.05, 0) is 37.1 Å². The molecule has 0 unspecified atom stereocenters. The first-order valence-corrected chi connectivity index (χ1v) is 10.0. The van der Waals surface area contributed by atoms with E-state index in [1.54, 1.807) is 0 Å². The molecule has 0 bridgehead atoms. The number of carbonyl (C=O) groups is 1. The largest absolute Gasteiger partial charge is 0.481 e. The van der Waals surface area contributed by atoms with Crippen LogP contribution in [0, 0.1) is 0 Å². The number of hydrogen-bond acceptors (Lipinski definition) is 3. The van der Waals surface area contributed by atoms with E-state index in [1.165, 1.54) is 32.1 Å². The zero-order chi connectivity index (χ0) is 18.6. The van der Waals surface area contributed by atoms with Crippen molar-refractivity contribution in [2.75, 3.05) is 11.9 Å². The van der Waals surface area contributed by atoms with Crippen LogP contribution >= 0.6 is 11.6 Å². The summed E-state index contributed by atoms with van der Waals surface area (Å²) in [6, 6.07) is 7.83. The zero-order valence-electron chi connectivity index (χ0n) is 15.3. The number of anilines is 1. The fraction of sp³-hybridized carbons (Fsp3) is 0.524. The number of aromatic nitrogens is 1. The van der Waals surface area contributed by atoms with Crippen molar-refractivity contribution in [1.29, 1.82) is 0 Å². The molecule has 5 heteroatoms. The lowest BCUT2D eigenvalue weighted by molar-refractivity contribution is -0.137. The summed E-state index contributed by atoms with van der Waals surface area (Å²) in [6.07, 6.45) is 12.6. The van der Waals surface area contributed by atoms with Gasteiger partial charge >= 0.3 is 5.97 Å². The van der Waals surface area contributed by atoms with Gasteiger partial charge in [0.25, 0.3) is 0 Å². The molecule has 0 amide bonds. The monoisotopic (exact) mass is 376 g/mol. The second-order valence-electron chi connectivity index (χ2n) is 6.77. The summed E-state index contributed by atoms with van der Waals surface area (Å²) in [5.74, 6) is -0.679. The van der Waals surface area contributed by atoms with Gasteiger partial charge in [-0.25, -0.2) is 0 Å². The summed E-state index contributed by atoms with van der Waals surface area (Å²) in [6.45, 7) is 0.969. The molecule has 1 heterocycles. The van der Waals surface area contributed by atoms with E-state index < -0.39 is 5.97 Å². The Morgan fingerprint density at radius 3 is 2.31 bits per heavy atom. The standard InChI is InChI=1S/C21H29ClN2O2/c22-17-11-12-18-19(13-15-24-20(18)16-17)23-14-9-7-5-3-1-2-4-6-8-10-21(25)26/h11-13,15-16H,1-10,14H2,(H,23,24)(H,25,26). The van der Waals surface area contributed by atoms with Crippen molar-refractivity contribution in [3.8, 4) is 0 Å². The second-order valence-corrected chi connectivity index (χ2v) is 7.21. The molecule has 0 aliphatic carbocycles. The summed E-state index contributed by atoms with van der Waals surface area (Å²) in [4.78, 5) is 14.8. The molecule has 0 aliphatic heterocycles. The molecule has 4 nitrogen and oxygen atoms in total. The third-order valence-corrected chi connectivity index (χ3v) is 4.82. The van der Waals surface area contributed by atoms with E-state index in [1.807, 2.05) is 30.5 Å². The minimum atomic E-state index is -0.679. The van der Waals surface area contributed by atoms with Crippen LogP contribution in [-0.4, -0.2) is 22.6 Å². The van der Waals surface area contributed by atoms with Crippen molar-refractivity contribution >= 4 is 34.2 Å². The van der Waals surface area contributed by atoms with Crippen molar-refractivity contribution in [3.63, 3.8) is 0 Å². The zero-order valence-corrected chi connectivity index (χ0v) is 16.1. The number of halogens is 1. The second kappa shape index (κ2) is 11.7. The Bertz CT molecular complexity index is 691. The molecule has 0 aliphatic rings. The normalized spacial score (nSPS) is 11.0. The lowest BCUT2D eigenvalue weighted by Crippen LogP contribution is -2.02. The summed E-state index contributed by atoms with van der Waals surface area (Å²) >= 11 is 6.02. The van der Waals surface area contributed by atoms with Crippen molar-refractivity contribution in [3.05, 3.63) is 35.5 Å². The Kier molecular flexibility index (Phi) is 9.26. The topological polar surface area (TPSA) is 62.2 Å². The molecule has 1 aromatic heterocycles. The number of benzene rings is 1. The molecule has 0 fully saturated rings. The van der Waals surface area contributed by atoms with E-state index >= 15 is 0 Å². The number of rotatable bonds is 13. The first-order chi connectivity index (χ1) is 12.7. The molecule has 26 heavy (non-hydrogen) atoms. The maximum Gasteiger partial charge on any atom is 0.303 e. The Morgan fingerprint density at radius 1 is 0.962 bits per heavy atom. The lowest BCUT2D eigenvalue weighted by atomic mass is 10.1. The minimum absolute atomic E-state index is 0.312. The molecule has 0 spiro atoms. The van der Waals surface area contributed by atoms with Gasteiger partial charge in [0.05, 0.1) is 5.52 Å². The third-order valence-electron chi connectivity index (χ3n) is 4.59. The molecular weight excluding hydrogens is 348 g/mol. The van der Waals surface area contributed by atoms with Crippen LogP contribution in [0.4, 0.5) is 5.69 Å². The van der Waals surface area contributed by atoms with Gasteiger partial charge in [-0.2, -0.15) is 0 Å². The lowest BCUT2D eigenvalue weighted by Gasteiger charge is -2.09. The first-order valence-electron chi connectivity index (χ1n) is 9.67. The van der Waals surface area contributed by atoms with Crippen molar-refractivity contribution in [2.24, 2.45) is 0 Å². The SMILES string of the molecule is O=C(O)CCCCCCCCCCCNc1ccnc2cc(Cl)ccc12. The van der Waals surface area contributed by atoms with Crippen molar-refractivity contribution < 1.29 is 9.90 Å². The van der Waals surface area contributed by atoms with E-state index in [0.717, 1.165) is 48.8 Å². The van der Waals surface area contributed by atoms with Crippen LogP contribution in [0.5, 0.6) is 0 Å².